The van der Waals surface area contributed by atoms with Crippen LogP contribution in [0.5, 0.6) is 5.75 Å². The van der Waals surface area contributed by atoms with E-state index in [0.29, 0.717) is 15.6 Å². The van der Waals surface area contributed by atoms with Crippen molar-refractivity contribution in [2.45, 2.75) is 6.61 Å². The molecule has 2 amide bonds. The lowest BCUT2D eigenvalue weighted by Crippen LogP contribution is -2.11. The zero-order valence-corrected chi connectivity index (χ0v) is 13.9. The monoisotopic (exact) mass is 378 g/mol. The number of anilines is 2. The summed E-state index contributed by atoms with van der Waals surface area (Å²) >= 11 is 1.06. The van der Waals surface area contributed by atoms with Gasteiger partial charge in [0.2, 0.25) is 0 Å². The molecule has 0 saturated heterocycles. The highest BCUT2D eigenvalue weighted by Gasteiger charge is 2.14. The van der Waals surface area contributed by atoms with Crippen molar-refractivity contribution >= 4 is 33.8 Å². The lowest BCUT2D eigenvalue weighted by molar-refractivity contribution is -0.0498. The second-order valence-corrected chi connectivity index (χ2v) is 6.04. The van der Waals surface area contributed by atoms with E-state index in [1.807, 2.05) is 0 Å². The van der Waals surface area contributed by atoms with Crippen LogP contribution in [0, 0.1) is 0 Å². The zero-order valence-electron chi connectivity index (χ0n) is 13.1. The molecule has 0 aliphatic heterocycles. The first kappa shape index (κ1) is 17.6. The minimum absolute atomic E-state index is 0.0598. The normalized spacial score (nSPS) is 10.6. The van der Waals surface area contributed by atoms with E-state index in [2.05, 4.69) is 15.4 Å². The molecule has 0 aliphatic carbocycles. The van der Waals surface area contributed by atoms with E-state index in [9.17, 15) is 18.4 Å². The molecule has 0 aliphatic rings. The van der Waals surface area contributed by atoms with Crippen LogP contribution in [-0.2, 0) is 0 Å². The van der Waals surface area contributed by atoms with Gasteiger partial charge < -0.3 is 19.8 Å². The van der Waals surface area contributed by atoms with Gasteiger partial charge in [-0.05, 0) is 36.4 Å². The van der Waals surface area contributed by atoms with Crippen molar-refractivity contribution in [2.24, 2.45) is 0 Å². The number of thiophene rings is 1. The van der Waals surface area contributed by atoms with Crippen LogP contribution in [0.25, 0.3) is 0 Å². The van der Waals surface area contributed by atoms with Gasteiger partial charge in [0, 0.05) is 11.8 Å². The van der Waals surface area contributed by atoms with E-state index in [1.165, 1.54) is 36.6 Å². The first-order valence-corrected chi connectivity index (χ1v) is 8.14. The molecule has 0 atom stereocenters. The van der Waals surface area contributed by atoms with Gasteiger partial charge in [-0.2, -0.15) is 8.78 Å². The van der Waals surface area contributed by atoms with Crippen LogP contribution >= 0.6 is 11.3 Å². The average Bonchev–Trinajstić information content (AvgIpc) is 3.26. The smallest absolute Gasteiger partial charge is 0.387 e. The maximum absolute atomic E-state index is 12.3. The Balaban J connectivity index is 1.64. The number of alkyl halides is 2. The summed E-state index contributed by atoms with van der Waals surface area (Å²) < 4.78 is 33.8. The molecule has 1 aromatic carbocycles. The van der Waals surface area contributed by atoms with Gasteiger partial charge in [0.05, 0.1) is 16.1 Å². The number of carbonyl (C=O) groups is 2. The topological polar surface area (TPSA) is 80.6 Å². The molecule has 3 rings (SSSR count). The predicted octanol–water partition coefficient (Wildman–Crippen LogP) is 4.45. The second kappa shape index (κ2) is 7.79. The number of ether oxygens (including phenoxy) is 1. The fraction of sp³-hybridized carbons (Fsp3) is 0.0588. The molecule has 9 heteroatoms. The van der Waals surface area contributed by atoms with E-state index >= 15 is 0 Å². The highest BCUT2D eigenvalue weighted by molar-refractivity contribution is 7.18. The molecule has 26 heavy (non-hydrogen) atoms. The summed E-state index contributed by atoms with van der Waals surface area (Å²) in [5, 5.41) is 5.66. The van der Waals surface area contributed by atoms with Crippen LogP contribution in [0.4, 0.5) is 19.5 Å². The van der Waals surface area contributed by atoms with Crippen LogP contribution in [0.2, 0.25) is 0 Å². The zero-order chi connectivity index (χ0) is 18.5. The standard InChI is InChI=1S/C17H12F2N2O4S/c18-17(19)25-11-4-1-3-10(9-11)20-16(23)13-6-7-14(26-13)21-15(22)12-5-2-8-24-12/h1-9,17H,(H,20,23)(H,21,22). The number of amides is 2. The van der Waals surface area contributed by atoms with E-state index in [-0.39, 0.29) is 11.5 Å². The third-order valence-electron chi connectivity index (χ3n) is 3.13. The van der Waals surface area contributed by atoms with Crippen LogP contribution in [-0.4, -0.2) is 18.4 Å². The van der Waals surface area contributed by atoms with Crippen LogP contribution < -0.4 is 15.4 Å². The summed E-state index contributed by atoms with van der Waals surface area (Å²) in [5.41, 5.74) is 0.308. The molecule has 0 saturated carbocycles. The first-order chi connectivity index (χ1) is 12.5. The number of carbonyl (C=O) groups excluding carboxylic acids is 2. The Morgan fingerprint density at radius 3 is 2.62 bits per heavy atom. The van der Waals surface area contributed by atoms with Crippen molar-refractivity contribution < 1.29 is 27.5 Å². The van der Waals surface area contributed by atoms with Crippen LogP contribution in [0.15, 0.2) is 59.2 Å². The minimum Gasteiger partial charge on any atom is -0.459 e. The molecule has 0 spiro atoms. The highest BCUT2D eigenvalue weighted by atomic mass is 32.1. The van der Waals surface area contributed by atoms with Crippen molar-refractivity contribution in [1.29, 1.82) is 0 Å². The summed E-state index contributed by atoms with van der Waals surface area (Å²) in [4.78, 5) is 24.5. The number of nitrogens with one attached hydrogen (secondary N) is 2. The second-order valence-electron chi connectivity index (χ2n) is 4.96. The molecule has 3 aromatic rings. The fourth-order valence-corrected chi connectivity index (χ4v) is 2.85. The maximum Gasteiger partial charge on any atom is 0.387 e. The van der Waals surface area contributed by atoms with Crippen molar-refractivity contribution in [3.63, 3.8) is 0 Å². The van der Waals surface area contributed by atoms with Gasteiger partial charge in [0.1, 0.15) is 5.75 Å². The average molecular weight is 378 g/mol. The number of rotatable bonds is 6. The molecule has 2 N–H and O–H groups in total. The van der Waals surface area contributed by atoms with Gasteiger partial charge in [0.25, 0.3) is 11.8 Å². The lowest BCUT2D eigenvalue weighted by Gasteiger charge is -2.07. The summed E-state index contributed by atoms with van der Waals surface area (Å²) in [7, 11) is 0. The summed E-state index contributed by atoms with van der Waals surface area (Å²) in [6, 6.07) is 11.9. The molecule has 0 radical (unpaired) electrons. The number of furan rings is 1. The Bertz CT molecular complexity index is 909. The Kier molecular flexibility index (Phi) is 5.28. The number of halogens is 2. The molecule has 134 valence electrons. The molecule has 0 bridgehead atoms. The van der Waals surface area contributed by atoms with Gasteiger partial charge >= 0.3 is 6.61 Å². The van der Waals surface area contributed by atoms with Gasteiger partial charge in [-0.3, -0.25) is 9.59 Å². The van der Waals surface area contributed by atoms with E-state index < -0.39 is 18.4 Å². The molecular formula is C17H12F2N2O4S. The summed E-state index contributed by atoms with van der Waals surface area (Å²) in [6.45, 7) is -2.95. The van der Waals surface area contributed by atoms with E-state index in [4.69, 9.17) is 4.42 Å². The Morgan fingerprint density at radius 1 is 1.04 bits per heavy atom. The van der Waals surface area contributed by atoms with Gasteiger partial charge in [-0.25, -0.2) is 0 Å². The van der Waals surface area contributed by atoms with Crippen molar-refractivity contribution in [2.75, 3.05) is 10.6 Å². The van der Waals surface area contributed by atoms with Crippen molar-refractivity contribution in [3.8, 4) is 5.75 Å². The number of hydrogen-bond acceptors (Lipinski definition) is 5. The molecular weight excluding hydrogens is 366 g/mol. The SMILES string of the molecule is O=C(Nc1ccc(C(=O)Nc2cccc(OC(F)F)c2)s1)c1ccco1. The highest BCUT2D eigenvalue weighted by Crippen LogP contribution is 2.25. The van der Waals surface area contributed by atoms with E-state index in [0.717, 1.165) is 11.3 Å². The van der Waals surface area contributed by atoms with Crippen molar-refractivity contribution in [1.82, 2.24) is 0 Å². The van der Waals surface area contributed by atoms with Gasteiger partial charge in [-0.15, -0.1) is 11.3 Å². The summed E-state index contributed by atoms with van der Waals surface area (Å²) in [6.07, 6.45) is 1.38. The molecule has 2 aromatic heterocycles. The number of hydrogen-bond donors (Lipinski definition) is 2. The van der Waals surface area contributed by atoms with E-state index in [1.54, 1.807) is 18.2 Å². The first-order valence-electron chi connectivity index (χ1n) is 7.32. The fourth-order valence-electron chi connectivity index (χ4n) is 2.05. The Hall–Kier alpha value is -3.20. The number of benzene rings is 1. The molecule has 0 fully saturated rings. The third-order valence-corrected chi connectivity index (χ3v) is 4.13. The quantitative estimate of drug-likeness (QED) is 0.664. The largest absolute Gasteiger partial charge is 0.459 e. The summed E-state index contributed by atoms with van der Waals surface area (Å²) in [5.74, 6) is -0.779. The van der Waals surface area contributed by atoms with Gasteiger partial charge in [-0.1, -0.05) is 6.07 Å². The van der Waals surface area contributed by atoms with Crippen molar-refractivity contribution in [3.05, 3.63) is 65.4 Å². The van der Waals surface area contributed by atoms with Gasteiger partial charge in [0.15, 0.2) is 5.76 Å². The maximum atomic E-state index is 12.3. The Labute approximate surface area is 150 Å². The minimum atomic E-state index is -2.95. The molecule has 0 unspecified atom stereocenters. The van der Waals surface area contributed by atoms with Crippen LogP contribution in [0.3, 0.4) is 0 Å². The molecule has 6 nitrogen and oxygen atoms in total. The molecule has 2 heterocycles. The predicted molar refractivity (Wildman–Crippen MR) is 92.0 cm³/mol. The Morgan fingerprint density at radius 2 is 1.88 bits per heavy atom. The third kappa shape index (κ3) is 4.45. The van der Waals surface area contributed by atoms with Crippen LogP contribution in [0.1, 0.15) is 20.2 Å². The lowest BCUT2D eigenvalue weighted by atomic mass is 10.3.